The van der Waals surface area contributed by atoms with E-state index >= 15 is 0 Å². The molecule has 140 valence electrons. The molecule has 4 nitrogen and oxygen atoms in total. The summed E-state index contributed by atoms with van der Waals surface area (Å²) in [5, 5.41) is 3.28. The van der Waals surface area contributed by atoms with Crippen molar-refractivity contribution in [2.75, 3.05) is 26.2 Å². The number of carbonyl (C=O) groups excluding carboxylic acids is 1. The largest absolute Gasteiger partial charge is 0.335 e. The van der Waals surface area contributed by atoms with Gasteiger partial charge in [0.1, 0.15) is 0 Å². The van der Waals surface area contributed by atoms with Crippen LogP contribution in [0.5, 0.6) is 0 Å². The summed E-state index contributed by atoms with van der Waals surface area (Å²) in [5.41, 5.74) is 3.94. The number of nitrogens with one attached hydrogen (secondary N) is 1. The second-order valence-electron chi connectivity index (χ2n) is 8.14. The topological polar surface area (TPSA) is 35.6 Å². The quantitative estimate of drug-likeness (QED) is 0.897. The summed E-state index contributed by atoms with van der Waals surface area (Å²) < 4.78 is 0. The van der Waals surface area contributed by atoms with Crippen LogP contribution in [0.3, 0.4) is 0 Å². The third-order valence-corrected chi connectivity index (χ3v) is 6.37. The summed E-state index contributed by atoms with van der Waals surface area (Å²) in [6.07, 6.45) is 9.50. The van der Waals surface area contributed by atoms with Crippen molar-refractivity contribution in [1.82, 2.24) is 15.1 Å². The molecule has 0 bridgehead atoms. The van der Waals surface area contributed by atoms with Crippen LogP contribution < -0.4 is 5.32 Å². The number of nitrogens with zero attached hydrogens (tertiary/aromatic N) is 2. The van der Waals surface area contributed by atoms with Gasteiger partial charge >= 0.3 is 6.03 Å². The van der Waals surface area contributed by atoms with Crippen molar-refractivity contribution in [2.45, 2.75) is 57.5 Å². The van der Waals surface area contributed by atoms with E-state index in [9.17, 15) is 4.79 Å². The van der Waals surface area contributed by atoms with E-state index in [-0.39, 0.29) is 6.03 Å². The van der Waals surface area contributed by atoms with E-state index in [0.29, 0.717) is 6.04 Å². The predicted molar refractivity (Wildman–Crippen MR) is 106 cm³/mol. The molecule has 1 aromatic carbocycles. The molecule has 4 rings (SSSR count). The van der Waals surface area contributed by atoms with Crippen LogP contribution in [-0.2, 0) is 0 Å². The Labute approximate surface area is 157 Å². The average molecular weight is 354 g/mol. The molecule has 0 atom stereocenters. The fourth-order valence-corrected chi connectivity index (χ4v) is 4.31. The van der Waals surface area contributed by atoms with E-state index < -0.39 is 0 Å². The van der Waals surface area contributed by atoms with Gasteiger partial charge in [0.05, 0.1) is 0 Å². The Morgan fingerprint density at radius 2 is 1.77 bits per heavy atom. The number of likely N-dealkylation sites (tertiary alicyclic amines) is 1. The molecule has 2 fully saturated rings. The van der Waals surface area contributed by atoms with Crippen LogP contribution in [0.1, 0.15) is 49.7 Å². The molecule has 0 unspecified atom stereocenters. The highest BCUT2D eigenvalue weighted by Gasteiger charge is 2.30. The van der Waals surface area contributed by atoms with Gasteiger partial charge < -0.3 is 15.1 Å². The summed E-state index contributed by atoms with van der Waals surface area (Å²) >= 11 is 0. The zero-order valence-electron chi connectivity index (χ0n) is 15.9. The Bertz CT molecular complexity index is 654. The standard InChI is InChI=1S/C22H31N3O/c1-17-5-7-18(8-6-17)19-9-13-25(14-10-19)22(26)23-20-11-15-24(16-12-20)21-3-2-4-21/h5-9,20-21H,2-4,10-16H2,1H3,(H,23,26). The van der Waals surface area contributed by atoms with Crippen molar-refractivity contribution in [1.29, 1.82) is 0 Å². The van der Waals surface area contributed by atoms with Gasteiger partial charge in [-0.15, -0.1) is 0 Å². The summed E-state index contributed by atoms with van der Waals surface area (Å²) in [6, 6.07) is 9.99. The number of aryl methyl sites for hydroxylation is 1. The van der Waals surface area contributed by atoms with Gasteiger partial charge in [-0.05, 0) is 50.2 Å². The van der Waals surface area contributed by atoms with Gasteiger partial charge in [-0.1, -0.05) is 42.3 Å². The maximum Gasteiger partial charge on any atom is 0.317 e. The fourth-order valence-electron chi connectivity index (χ4n) is 4.31. The van der Waals surface area contributed by atoms with Crippen LogP contribution in [0.4, 0.5) is 4.79 Å². The molecule has 3 aliphatic rings. The first-order valence-electron chi connectivity index (χ1n) is 10.2. The predicted octanol–water partition coefficient (Wildman–Crippen LogP) is 3.81. The number of piperidine rings is 1. The van der Waals surface area contributed by atoms with Crippen molar-refractivity contribution in [3.63, 3.8) is 0 Å². The first-order valence-corrected chi connectivity index (χ1v) is 10.2. The lowest BCUT2D eigenvalue weighted by Gasteiger charge is -2.42. The summed E-state index contributed by atoms with van der Waals surface area (Å²) in [7, 11) is 0. The van der Waals surface area contributed by atoms with E-state index in [1.165, 1.54) is 36.0 Å². The van der Waals surface area contributed by atoms with Gasteiger partial charge in [-0.25, -0.2) is 4.79 Å². The normalized spacial score (nSPS) is 22.7. The molecule has 2 heterocycles. The lowest BCUT2D eigenvalue weighted by molar-refractivity contribution is 0.0923. The molecule has 2 amide bonds. The van der Waals surface area contributed by atoms with Crippen molar-refractivity contribution in [3.8, 4) is 0 Å². The Balaban J connectivity index is 1.25. The third kappa shape index (κ3) is 3.96. The van der Waals surface area contributed by atoms with E-state index in [2.05, 4.69) is 47.5 Å². The van der Waals surface area contributed by atoms with Crippen molar-refractivity contribution >= 4 is 11.6 Å². The number of amides is 2. The smallest absolute Gasteiger partial charge is 0.317 e. The van der Waals surface area contributed by atoms with Crippen LogP contribution in [-0.4, -0.2) is 54.1 Å². The SMILES string of the molecule is Cc1ccc(C2=CCN(C(=O)NC3CCN(C4CCC4)CC3)CC2)cc1. The van der Waals surface area contributed by atoms with E-state index in [1.807, 2.05) is 4.90 Å². The van der Waals surface area contributed by atoms with Crippen molar-refractivity contribution in [3.05, 3.63) is 41.5 Å². The number of hydrogen-bond donors (Lipinski definition) is 1. The first-order chi connectivity index (χ1) is 12.7. The van der Waals surface area contributed by atoms with Crippen LogP contribution in [0, 0.1) is 6.92 Å². The van der Waals surface area contributed by atoms with Gasteiger partial charge in [0.2, 0.25) is 0 Å². The molecule has 1 saturated carbocycles. The molecule has 2 aliphatic heterocycles. The monoisotopic (exact) mass is 353 g/mol. The van der Waals surface area contributed by atoms with Gasteiger partial charge in [-0.3, -0.25) is 0 Å². The zero-order chi connectivity index (χ0) is 17.9. The van der Waals surface area contributed by atoms with Crippen LogP contribution in [0.2, 0.25) is 0 Å². The Morgan fingerprint density at radius 3 is 2.35 bits per heavy atom. The average Bonchev–Trinajstić information content (AvgIpc) is 2.63. The Kier molecular flexibility index (Phi) is 5.30. The molecule has 1 N–H and O–H groups in total. The molecular weight excluding hydrogens is 322 g/mol. The number of benzene rings is 1. The number of rotatable bonds is 3. The lowest BCUT2D eigenvalue weighted by atomic mass is 9.89. The second kappa shape index (κ2) is 7.83. The maximum atomic E-state index is 12.6. The highest BCUT2D eigenvalue weighted by atomic mass is 16.2. The minimum Gasteiger partial charge on any atom is -0.335 e. The van der Waals surface area contributed by atoms with Crippen LogP contribution >= 0.6 is 0 Å². The third-order valence-electron chi connectivity index (χ3n) is 6.37. The van der Waals surface area contributed by atoms with E-state index in [0.717, 1.165) is 51.5 Å². The minimum atomic E-state index is 0.117. The van der Waals surface area contributed by atoms with Crippen LogP contribution in [0.15, 0.2) is 30.3 Å². The molecule has 1 aliphatic carbocycles. The number of carbonyl (C=O) groups is 1. The molecule has 26 heavy (non-hydrogen) atoms. The Hall–Kier alpha value is -1.81. The van der Waals surface area contributed by atoms with Gasteiger partial charge in [0.25, 0.3) is 0 Å². The number of urea groups is 1. The highest BCUT2D eigenvalue weighted by Crippen LogP contribution is 2.27. The number of hydrogen-bond acceptors (Lipinski definition) is 2. The highest BCUT2D eigenvalue weighted by molar-refractivity contribution is 5.77. The minimum absolute atomic E-state index is 0.117. The summed E-state index contributed by atoms with van der Waals surface area (Å²) in [4.78, 5) is 17.2. The second-order valence-corrected chi connectivity index (χ2v) is 8.14. The summed E-state index contributed by atoms with van der Waals surface area (Å²) in [5.74, 6) is 0. The fraction of sp³-hybridized carbons (Fsp3) is 0.591. The molecule has 0 radical (unpaired) electrons. The van der Waals surface area contributed by atoms with Crippen molar-refractivity contribution < 1.29 is 4.79 Å². The zero-order valence-corrected chi connectivity index (χ0v) is 15.9. The Morgan fingerprint density at radius 1 is 1.04 bits per heavy atom. The molecule has 1 saturated heterocycles. The van der Waals surface area contributed by atoms with E-state index in [4.69, 9.17) is 0 Å². The van der Waals surface area contributed by atoms with Gasteiger partial charge in [0, 0.05) is 38.3 Å². The van der Waals surface area contributed by atoms with Gasteiger partial charge in [0.15, 0.2) is 0 Å². The van der Waals surface area contributed by atoms with Gasteiger partial charge in [-0.2, -0.15) is 0 Å². The molecular formula is C22H31N3O. The van der Waals surface area contributed by atoms with Crippen molar-refractivity contribution in [2.24, 2.45) is 0 Å². The molecule has 4 heteroatoms. The lowest BCUT2D eigenvalue weighted by Crippen LogP contribution is -2.52. The molecule has 0 spiro atoms. The first kappa shape index (κ1) is 17.6. The maximum absolute atomic E-state index is 12.6. The van der Waals surface area contributed by atoms with Crippen LogP contribution in [0.25, 0.3) is 5.57 Å². The molecule has 0 aromatic heterocycles. The summed E-state index contributed by atoms with van der Waals surface area (Å²) in [6.45, 7) is 5.93. The van der Waals surface area contributed by atoms with E-state index in [1.54, 1.807) is 0 Å². The molecule has 1 aromatic rings.